The summed E-state index contributed by atoms with van der Waals surface area (Å²) in [6, 6.07) is 0. The van der Waals surface area contributed by atoms with Gasteiger partial charge in [0.2, 0.25) is 0 Å². The maximum absolute atomic E-state index is 13.2. The second-order valence-electron chi connectivity index (χ2n) is 23.8. The van der Waals surface area contributed by atoms with Gasteiger partial charge in [0, 0.05) is 19.3 Å². The Hall–Kier alpha value is -2.28. The highest BCUT2D eigenvalue weighted by Crippen LogP contribution is 2.27. The zero-order chi connectivity index (χ0) is 57.5. The molecule has 0 amide bonds. The van der Waals surface area contributed by atoms with E-state index in [2.05, 4.69) is 20.8 Å². The molecule has 0 saturated carbocycles. The molecule has 12 heteroatoms. The van der Waals surface area contributed by atoms with Gasteiger partial charge in [-0.15, -0.1) is 0 Å². The lowest BCUT2D eigenvalue weighted by molar-refractivity contribution is -0.301. The number of hydrogen-bond acceptors (Lipinski definition) is 11. The number of ether oxygens (including phenoxy) is 5. The van der Waals surface area contributed by atoms with Crippen molar-refractivity contribution in [3.63, 3.8) is 0 Å². The van der Waals surface area contributed by atoms with Crippen LogP contribution in [0, 0.1) is 0 Å². The predicted molar refractivity (Wildman–Crippen MR) is 322 cm³/mol. The quantitative estimate of drug-likeness (QED) is 0.0299. The summed E-state index contributed by atoms with van der Waals surface area (Å²) in [7, 11) is 0. The van der Waals surface area contributed by atoms with E-state index in [0.717, 1.165) is 57.8 Å². The maximum atomic E-state index is 13.2. The first kappa shape index (κ1) is 74.7. The fourth-order valence-electron chi connectivity index (χ4n) is 11.0. The monoisotopic (exact) mass is 1120 g/mol. The van der Waals surface area contributed by atoms with Gasteiger partial charge in [-0.25, -0.2) is 4.79 Å². The molecular weight excluding hydrogens is 997 g/mol. The largest absolute Gasteiger partial charge is 0.479 e. The zero-order valence-electron chi connectivity index (χ0n) is 51.7. The molecule has 1 aliphatic rings. The fourth-order valence-corrected chi connectivity index (χ4v) is 11.0. The van der Waals surface area contributed by atoms with E-state index < -0.39 is 67.3 Å². The number of aliphatic hydroxyl groups excluding tert-OH is 2. The van der Waals surface area contributed by atoms with Crippen molar-refractivity contribution in [1.29, 1.82) is 0 Å². The SMILES string of the molecule is CCCCCCCCCCCCCCCCCCCCCC(=O)OC1C(OCC(COC(=O)CCCCCCCCCCCCCCCCC)OC(=O)CCCCCCCCCCCCCCCCC)OC(C(=O)O)C(O)C1O. The summed E-state index contributed by atoms with van der Waals surface area (Å²) in [6.07, 6.45) is 50.6. The van der Waals surface area contributed by atoms with Crippen LogP contribution in [0.1, 0.15) is 355 Å². The Morgan fingerprint density at radius 1 is 0.367 bits per heavy atom. The van der Waals surface area contributed by atoms with Gasteiger partial charge in [0.05, 0.1) is 6.61 Å². The number of carboxylic acids is 1. The summed E-state index contributed by atoms with van der Waals surface area (Å²) in [5.41, 5.74) is 0. The van der Waals surface area contributed by atoms with Crippen molar-refractivity contribution in [2.24, 2.45) is 0 Å². The van der Waals surface area contributed by atoms with E-state index in [1.807, 2.05) is 0 Å². The summed E-state index contributed by atoms with van der Waals surface area (Å²) < 4.78 is 28.6. The molecule has 6 atom stereocenters. The van der Waals surface area contributed by atoms with E-state index in [1.165, 1.54) is 238 Å². The van der Waals surface area contributed by atoms with E-state index in [4.69, 9.17) is 23.7 Å². The van der Waals surface area contributed by atoms with Crippen LogP contribution >= 0.6 is 0 Å². The molecule has 0 aliphatic carbocycles. The lowest BCUT2D eigenvalue weighted by Crippen LogP contribution is -2.61. The summed E-state index contributed by atoms with van der Waals surface area (Å²) in [6.45, 7) is 6.08. The standard InChI is InChI=1S/C67H126O12/c1-4-7-10-13-16-19-22-25-28-29-30-31-34-37-40-43-46-49-52-55-61(70)78-65-63(72)62(71)64(66(73)74)79-67(65)76-57-58(77-60(69)54-51-48-45-42-39-36-33-27-24-21-18-15-12-9-6-3)56-75-59(68)53-50-47-44-41-38-35-32-26-23-20-17-14-11-8-5-2/h58,62-65,67,71-72H,4-57H2,1-3H3,(H,73,74). The third-order valence-electron chi connectivity index (χ3n) is 16.2. The molecule has 0 aromatic carbocycles. The average Bonchev–Trinajstić information content (AvgIpc) is 3.44. The molecule has 12 nitrogen and oxygen atoms in total. The van der Waals surface area contributed by atoms with Crippen molar-refractivity contribution in [1.82, 2.24) is 0 Å². The van der Waals surface area contributed by atoms with Crippen molar-refractivity contribution in [3.05, 3.63) is 0 Å². The zero-order valence-corrected chi connectivity index (χ0v) is 51.7. The van der Waals surface area contributed by atoms with E-state index >= 15 is 0 Å². The van der Waals surface area contributed by atoms with Gasteiger partial charge in [-0.05, 0) is 19.3 Å². The Kier molecular flexibility index (Phi) is 53.2. The number of rotatable bonds is 60. The second kappa shape index (κ2) is 56.2. The third-order valence-corrected chi connectivity index (χ3v) is 16.2. The number of unbranched alkanes of at least 4 members (excludes halogenated alkanes) is 46. The molecule has 0 radical (unpaired) electrons. The highest BCUT2D eigenvalue weighted by atomic mass is 16.7. The Balaban J connectivity index is 2.60. The van der Waals surface area contributed by atoms with Gasteiger partial charge in [-0.3, -0.25) is 14.4 Å². The van der Waals surface area contributed by atoms with Gasteiger partial charge in [-0.1, -0.05) is 316 Å². The number of hydrogen-bond donors (Lipinski definition) is 3. The molecule has 0 spiro atoms. The highest BCUT2D eigenvalue weighted by molar-refractivity contribution is 5.74. The van der Waals surface area contributed by atoms with Gasteiger partial charge in [0.1, 0.15) is 18.8 Å². The van der Waals surface area contributed by atoms with Crippen LogP contribution in [-0.2, 0) is 42.9 Å². The number of aliphatic hydroxyl groups is 2. The molecule has 6 unspecified atom stereocenters. The normalized spacial score (nSPS) is 17.7. The van der Waals surface area contributed by atoms with E-state index in [1.54, 1.807) is 0 Å². The molecule has 79 heavy (non-hydrogen) atoms. The third kappa shape index (κ3) is 45.9. The molecule has 1 heterocycles. The van der Waals surface area contributed by atoms with Crippen LogP contribution in [0.3, 0.4) is 0 Å². The number of carbonyl (C=O) groups excluding carboxylic acids is 3. The molecule has 1 saturated heterocycles. The number of aliphatic carboxylic acids is 1. The molecule has 0 aromatic heterocycles. The van der Waals surface area contributed by atoms with Crippen molar-refractivity contribution in [3.8, 4) is 0 Å². The first-order valence-corrected chi connectivity index (χ1v) is 34.0. The first-order valence-electron chi connectivity index (χ1n) is 34.0. The summed E-state index contributed by atoms with van der Waals surface area (Å²) in [5, 5.41) is 31.6. The van der Waals surface area contributed by atoms with Crippen LogP contribution in [0.25, 0.3) is 0 Å². The smallest absolute Gasteiger partial charge is 0.335 e. The van der Waals surface area contributed by atoms with Gasteiger partial charge in [-0.2, -0.15) is 0 Å². The molecule has 0 aromatic rings. The lowest BCUT2D eigenvalue weighted by Gasteiger charge is -2.40. The van der Waals surface area contributed by atoms with Crippen LogP contribution in [0.5, 0.6) is 0 Å². The Morgan fingerprint density at radius 2 is 0.646 bits per heavy atom. The molecule has 3 N–H and O–H groups in total. The first-order chi connectivity index (χ1) is 38.6. The topological polar surface area (TPSA) is 175 Å². The number of carbonyl (C=O) groups is 4. The van der Waals surface area contributed by atoms with Crippen LogP contribution in [0.4, 0.5) is 0 Å². The summed E-state index contributed by atoms with van der Waals surface area (Å²) in [4.78, 5) is 51.3. The van der Waals surface area contributed by atoms with Crippen molar-refractivity contribution in [2.75, 3.05) is 13.2 Å². The lowest BCUT2D eigenvalue weighted by atomic mass is 9.98. The van der Waals surface area contributed by atoms with Crippen LogP contribution < -0.4 is 0 Å². The molecular formula is C67H126O12. The minimum Gasteiger partial charge on any atom is -0.479 e. The van der Waals surface area contributed by atoms with E-state index in [9.17, 15) is 34.5 Å². The molecule has 1 aliphatic heterocycles. The summed E-state index contributed by atoms with van der Waals surface area (Å²) in [5.74, 6) is -3.06. The summed E-state index contributed by atoms with van der Waals surface area (Å²) >= 11 is 0. The number of esters is 3. The van der Waals surface area contributed by atoms with Crippen LogP contribution in [0.15, 0.2) is 0 Å². The van der Waals surface area contributed by atoms with Gasteiger partial charge < -0.3 is 39.0 Å². The average molecular weight is 1120 g/mol. The minimum absolute atomic E-state index is 0.0715. The van der Waals surface area contributed by atoms with Crippen LogP contribution in [-0.4, -0.2) is 89.2 Å². The number of carboxylic acid groups (broad SMARTS) is 1. The molecule has 466 valence electrons. The molecule has 1 fully saturated rings. The Morgan fingerprint density at radius 3 is 0.949 bits per heavy atom. The minimum atomic E-state index is -1.89. The van der Waals surface area contributed by atoms with Gasteiger partial charge >= 0.3 is 23.9 Å². The van der Waals surface area contributed by atoms with Crippen molar-refractivity contribution in [2.45, 2.75) is 391 Å². The van der Waals surface area contributed by atoms with Gasteiger partial charge in [0.25, 0.3) is 0 Å². The Bertz CT molecular complexity index is 1380. The van der Waals surface area contributed by atoms with Crippen molar-refractivity contribution < 1.29 is 58.2 Å². The predicted octanol–water partition coefficient (Wildman–Crippen LogP) is 18.2. The fraction of sp³-hybridized carbons (Fsp3) is 0.940. The van der Waals surface area contributed by atoms with Crippen LogP contribution in [0.2, 0.25) is 0 Å². The maximum Gasteiger partial charge on any atom is 0.335 e. The Labute approximate surface area is 484 Å². The second-order valence-corrected chi connectivity index (χ2v) is 23.8. The van der Waals surface area contributed by atoms with Gasteiger partial charge in [0.15, 0.2) is 24.6 Å². The molecule has 1 rings (SSSR count). The van der Waals surface area contributed by atoms with Crippen molar-refractivity contribution >= 4 is 23.9 Å². The van der Waals surface area contributed by atoms with E-state index in [0.29, 0.717) is 19.3 Å². The highest BCUT2D eigenvalue weighted by Gasteiger charge is 2.50. The molecule has 0 bridgehead atoms. The van der Waals surface area contributed by atoms with E-state index in [-0.39, 0.29) is 25.9 Å².